The summed E-state index contributed by atoms with van der Waals surface area (Å²) in [7, 11) is 2.04. The van der Waals surface area contributed by atoms with Gasteiger partial charge in [-0.25, -0.2) is 0 Å². The largest absolute Gasteiger partial charge is 0.307 e. The van der Waals surface area contributed by atoms with E-state index in [1.54, 1.807) is 0 Å². The normalized spacial score (nSPS) is 29.1. The standard InChI is InChI=1S/C13H16N2O/c1-9-4-3-5-10(6-9)15-11-7-12(13(15)16)14(2)8-11/h3-6,11-12H,7-8H2,1-2H3. The highest BCUT2D eigenvalue weighted by atomic mass is 16.2. The topological polar surface area (TPSA) is 23.6 Å². The maximum Gasteiger partial charge on any atom is 0.244 e. The Morgan fingerprint density at radius 3 is 2.81 bits per heavy atom. The molecule has 1 aromatic carbocycles. The zero-order valence-corrected chi connectivity index (χ0v) is 9.68. The van der Waals surface area contributed by atoms with Gasteiger partial charge in [0.05, 0.1) is 12.1 Å². The van der Waals surface area contributed by atoms with Gasteiger partial charge in [0.15, 0.2) is 0 Å². The van der Waals surface area contributed by atoms with Gasteiger partial charge in [0.2, 0.25) is 5.91 Å². The van der Waals surface area contributed by atoms with E-state index < -0.39 is 0 Å². The first-order valence-corrected chi connectivity index (χ1v) is 5.77. The van der Waals surface area contributed by atoms with Gasteiger partial charge in [-0.05, 0) is 38.1 Å². The van der Waals surface area contributed by atoms with E-state index in [2.05, 4.69) is 24.0 Å². The Balaban J connectivity index is 1.95. The second kappa shape index (κ2) is 3.32. The summed E-state index contributed by atoms with van der Waals surface area (Å²) in [6.07, 6.45) is 0.989. The molecule has 3 heteroatoms. The van der Waals surface area contributed by atoms with E-state index in [-0.39, 0.29) is 11.9 Å². The summed E-state index contributed by atoms with van der Waals surface area (Å²) < 4.78 is 0. The van der Waals surface area contributed by atoms with Gasteiger partial charge in [-0.1, -0.05) is 12.1 Å². The molecule has 2 bridgehead atoms. The minimum absolute atomic E-state index is 0.116. The van der Waals surface area contributed by atoms with Crippen molar-refractivity contribution in [3.05, 3.63) is 29.8 Å². The van der Waals surface area contributed by atoms with Crippen LogP contribution in [-0.4, -0.2) is 36.5 Å². The third kappa shape index (κ3) is 1.28. The highest BCUT2D eigenvalue weighted by Gasteiger charge is 2.48. The fraction of sp³-hybridized carbons (Fsp3) is 0.462. The molecule has 1 aromatic rings. The van der Waals surface area contributed by atoms with Crippen molar-refractivity contribution in [3.8, 4) is 0 Å². The number of benzene rings is 1. The molecule has 2 aliphatic heterocycles. The molecule has 0 aromatic heterocycles. The summed E-state index contributed by atoms with van der Waals surface area (Å²) in [6, 6.07) is 8.71. The Kier molecular flexibility index (Phi) is 2.04. The minimum atomic E-state index is 0.116. The predicted molar refractivity (Wildman–Crippen MR) is 63.5 cm³/mol. The average molecular weight is 216 g/mol. The van der Waals surface area contributed by atoms with Crippen molar-refractivity contribution < 1.29 is 4.79 Å². The van der Waals surface area contributed by atoms with Gasteiger partial charge >= 0.3 is 0 Å². The summed E-state index contributed by atoms with van der Waals surface area (Å²) in [6.45, 7) is 3.07. The molecule has 3 nitrogen and oxygen atoms in total. The first kappa shape index (κ1) is 9.85. The third-order valence-electron chi connectivity index (χ3n) is 3.69. The fourth-order valence-corrected chi connectivity index (χ4v) is 2.90. The number of anilines is 1. The molecular formula is C13H16N2O. The molecule has 1 amide bonds. The number of carbonyl (C=O) groups is 1. The van der Waals surface area contributed by atoms with E-state index in [1.807, 2.05) is 24.1 Å². The number of aryl methyl sites for hydroxylation is 1. The van der Waals surface area contributed by atoms with Crippen molar-refractivity contribution in [1.82, 2.24) is 4.90 Å². The van der Waals surface area contributed by atoms with Gasteiger partial charge in [-0.2, -0.15) is 0 Å². The van der Waals surface area contributed by atoms with Crippen LogP contribution in [0.5, 0.6) is 0 Å². The Morgan fingerprint density at radius 2 is 2.19 bits per heavy atom. The van der Waals surface area contributed by atoms with Crippen molar-refractivity contribution in [3.63, 3.8) is 0 Å². The molecule has 2 atom stereocenters. The molecule has 3 rings (SSSR count). The van der Waals surface area contributed by atoms with Crippen molar-refractivity contribution in [2.75, 3.05) is 18.5 Å². The van der Waals surface area contributed by atoms with Gasteiger partial charge in [0, 0.05) is 12.2 Å². The molecule has 2 saturated heterocycles. The van der Waals surface area contributed by atoms with Crippen molar-refractivity contribution in [1.29, 1.82) is 0 Å². The van der Waals surface area contributed by atoms with Crippen molar-refractivity contribution in [2.45, 2.75) is 25.4 Å². The van der Waals surface area contributed by atoms with Crippen LogP contribution >= 0.6 is 0 Å². The van der Waals surface area contributed by atoms with Crippen LogP contribution in [0.4, 0.5) is 5.69 Å². The number of piperazine rings is 1. The van der Waals surface area contributed by atoms with E-state index in [0.717, 1.165) is 18.7 Å². The Labute approximate surface area is 95.7 Å². The molecular weight excluding hydrogens is 200 g/mol. The van der Waals surface area contributed by atoms with E-state index >= 15 is 0 Å². The van der Waals surface area contributed by atoms with Crippen molar-refractivity contribution in [2.24, 2.45) is 0 Å². The summed E-state index contributed by atoms with van der Waals surface area (Å²) in [5.74, 6) is 0.268. The number of hydrogen-bond donors (Lipinski definition) is 0. The third-order valence-corrected chi connectivity index (χ3v) is 3.69. The highest BCUT2D eigenvalue weighted by molar-refractivity contribution is 6.01. The first-order chi connectivity index (χ1) is 7.66. The van der Waals surface area contributed by atoms with E-state index in [9.17, 15) is 4.79 Å². The Hall–Kier alpha value is -1.35. The van der Waals surface area contributed by atoms with Crippen LogP contribution in [0.3, 0.4) is 0 Å². The Morgan fingerprint density at radius 1 is 1.38 bits per heavy atom. The van der Waals surface area contributed by atoms with Gasteiger partial charge in [-0.3, -0.25) is 9.69 Å². The lowest BCUT2D eigenvalue weighted by Crippen LogP contribution is -2.48. The predicted octanol–water partition coefficient (Wildman–Crippen LogP) is 1.41. The number of rotatable bonds is 1. The van der Waals surface area contributed by atoms with E-state index in [1.165, 1.54) is 5.56 Å². The molecule has 0 saturated carbocycles. The van der Waals surface area contributed by atoms with E-state index in [4.69, 9.17) is 0 Å². The fourth-order valence-electron chi connectivity index (χ4n) is 2.90. The number of likely N-dealkylation sites (tertiary alicyclic amines) is 1. The second-order valence-electron chi connectivity index (χ2n) is 4.89. The molecule has 2 aliphatic rings. The molecule has 0 N–H and O–H groups in total. The second-order valence-corrected chi connectivity index (χ2v) is 4.89. The molecule has 0 radical (unpaired) electrons. The molecule has 84 valence electrons. The monoisotopic (exact) mass is 216 g/mol. The lowest BCUT2D eigenvalue weighted by molar-refractivity contribution is -0.122. The number of nitrogens with zero attached hydrogens (tertiary/aromatic N) is 2. The van der Waals surface area contributed by atoms with Crippen LogP contribution in [0.15, 0.2) is 24.3 Å². The van der Waals surface area contributed by atoms with Gasteiger partial charge < -0.3 is 4.90 Å². The summed E-state index contributed by atoms with van der Waals surface area (Å²) >= 11 is 0. The zero-order chi connectivity index (χ0) is 11.3. The minimum Gasteiger partial charge on any atom is -0.307 e. The molecule has 2 unspecified atom stereocenters. The molecule has 16 heavy (non-hydrogen) atoms. The number of likely N-dealkylation sites (N-methyl/N-ethyl adjacent to an activating group) is 1. The zero-order valence-electron chi connectivity index (χ0n) is 9.68. The van der Waals surface area contributed by atoms with Crippen LogP contribution in [0.1, 0.15) is 12.0 Å². The number of amides is 1. The maximum absolute atomic E-state index is 12.2. The quantitative estimate of drug-likeness (QED) is 0.708. The summed E-state index contributed by atoms with van der Waals surface area (Å²) in [5.41, 5.74) is 2.27. The smallest absolute Gasteiger partial charge is 0.244 e. The average Bonchev–Trinajstić information content (AvgIpc) is 2.73. The van der Waals surface area contributed by atoms with Crippen LogP contribution in [0, 0.1) is 6.92 Å². The summed E-state index contributed by atoms with van der Waals surface area (Å²) in [5, 5.41) is 0. The van der Waals surface area contributed by atoms with Gasteiger partial charge in [0.1, 0.15) is 0 Å². The number of fused-ring (bicyclic) bond motifs is 2. The lowest BCUT2D eigenvalue weighted by atomic mass is 10.2. The molecule has 2 heterocycles. The molecule has 2 fully saturated rings. The van der Waals surface area contributed by atoms with Gasteiger partial charge in [0.25, 0.3) is 0 Å². The lowest BCUT2D eigenvalue weighted by Gasteiger charge is -2.31. The number of carbonyl (C=O) groups excluding carboxylic acids is 1. The van der Waals surface area contributed by atoms with E-state index in [0.29, 0.717) is 6.04 Å². The molecule has 0 aliphatic carbocycles. The van der Waals surface area contributed by atoms with Crippen LogP contribution < -0.4 is 4.90 Å². The Bertz CT molecular complexity index is 443. The maximum atomic E-state index is 12.2. The highest BCUT2D eigenvalue weighted by Crippen LogP contribution is 2.34. The van der Waals surface area contributed by atoms with Crippen LogP contribution in [0.2, 0.25) is 0 Å². The summed E-state index contributed by atoms with van der Waals surface area (Å²) in [4.78, 5) is 16.3. The number of hydrogen-bond acceptors (Lipinski definition) is 2. The van der Waals surface area contributed by atoms with Gasteiger partial charge in [-0.15, -0.1) is 0 Å². The van der Waals surface area contributed by atoms with Crippen molar-refractivity contribution >= 4 is 11.6 Å². The SMILES string of the molecule is Cc1cccc(N2C(=O)C3CC2CN3C)c1. The van der Waals surface area contributed by atoms with Crippen LogP contribution in [0.25, 0.3) is 0 Å². The first-order valence-electron chi connectivity index (χ1n) is 5.77. The van der Waals surface area contributed by atoms with Crippen LogP contribution in [-0.2, 0) is 4.79 Å². The molecule has 0 spiro atoms.